The number of pyridine rings is 1. The highest BCUT2D eigenvalue weighted by Gasteiger charge is 2.11. The summed E-state index contributed by atoms with van der Waals surface area (Å²) in [6.45, 7) is 1.28. The lowest BCUT2D eigenvalue weighted by Gasteiger charge is -2.06. The van der Waals surface area contributed by atoms with Crippen LogP contribution in [0.5, 0.6) is 0 Å². The maximum absolute atomic E-state index is 11.5. The number of hydrazine groups is 1. The van der Waals surface area contributed by atoms with Gasteiger partial charge in [-0.15, -0.1) is 0 Å². The van der Waals surface area contributed by atoms with E-state index in [0.717, 1.165) is 0 Å². The molecule has 1 aromatic rings. The minimum absolute atomic E-state index is 0.0982. The van der Waals surface area contributed by atoms with Crippen LogP contribution in [0.25, 0.3) is 0 Å². The van der Waals surface area contributed by atoms with Crippen molar-refractivity contribution in [2.75, 3.05) is 5.73 Å². The molecule has 0 aliphatic carbocycles. The number of halogens is 1. The van der Waals surface area contributed by atoms with E-state index in [1.807, 2.05) is 0 Å². The van der Waals surface area contributed by atoms with Gasteiger partial charge in [0.1, 0.15) is 5.82 Å². The minimum atomic E-state index is -0.517. The minimum Gasteiger partial charge on any atom is -0.383 e. The molecule has 7 heteroatoms. The zero-order valence-electron chi connectivity index (χ0n) is 7.87. The third-order valence-corrected chi connectivity index (χ3v) is 1.92. The van der Waals surface area contributed by atoms with Gasteiger partial charge in [-0.05, 0) is 22.0 Å². The van der Waals surface area contributed by atoms with Crippen molar-refractivity contribution in [2.24, 2.45) is 0 Å². The Morgan fingerprint density at radius 1 is 1.47 bits per heavy atom. The highest BCUT2D eigenvalue weighted by Crippen LogP contribution is 2.14. The highest BCUT2D eigenvalue weighted by atomic mass is 79.9. The molecule has 0 unspecified atom stereocenters. The first kappa shape index (κ1) is 11.4. The molecule has 2 amide bonds. The monoisotopic (exact) mass is 272 g/mol. The SMILES string of the molecule is CC(=O)NNC(=O)c1cc(Br)cnc1N. The van der Waals surface area contributed by atoms with E-state index in [9.17, 15) is 9.59 Å². The summed E-state index contributed by atoms with van der Waals surface area (Å²) in [5.74, 6) is -0.789. The van der Waals surface area contributed by atoms with Gasteiger partial charge in [0.25, 0.3) is 5.91 Å². The van der Waals surface area contributed by atoms with Gasteiger partial charge < -0.3 is 5.73 Å². The molecule has 6 nitrogen and oxygen atoms in total. The Hall–Kier alpha value is -1.63. The van der Waals surface area contributed by atoms with Crippen molar-refractivity contribution >= 4 is 33.6 Å². The van der Waals surface area contributed by atoms with E-state index in [1.54, 1.807) is 0 Å². The van der Waals surface area contributed by atoms with Crippen LogP contribution in [0.3, 0.4) is 0 Å². The summed E-state index contributed by atoms with van der Waals surface area (Å²) < 4.78 is 0.629. The summed E-state index contributed by atoms with van der Waals surface area (Å²) in [6.07, 6.45) is 1.48. The average Bonchev–Trinajstić information content (AvgIpc) is 2.18. The molecule has 0 aliphatic heterocycles. The predicted molar refractivity (Wildman–Crippen MR) is 57.6 cm³/mol. The van der Waals surface area contributed by atoms with Gasteiger partial charge in [-0.25, -0.2) is 4.98 Å². The van der Waals surface area contributed by atoms with Crippen molar-refractivity contribution in [3.05, 3.63) is 22.3 Å². The van der Waals surface area contributed by atoms with Crippen LogP contribution < -0.4 is 16.6 Å². The lowest BCUT2D eigenvalue weighted by atomic mass is 10.2. The van der Waals surface area contributed by atoms with Crippen molar-refractivity contribution in [3.8, 4) is 0 Å². The van der Waals surface area contributed by atoms with Gasteiger partial charge in [0.15, 0.2) is 0 Å². The Labute approximate surface area is 94.3 Å². The number of nitrogens with zero attached hydrogens (tertiary/aromatic N) is 1. The van der Waals surface area contributed by atoms with Gasteiger partial charge in [-0.3, -0.25) is 20.4 Å². The molecule has 15 heavy (non-hydrogen) atoms. The molecule has 1 heterocycles. The number of carbonyl (C=O) groups excluding carboxylic acids is 2. The van der Waals surface area contributed by atoms with Crippen LogP contribution >= 0.6 is 15.9 Å². The van der Waals surface area contributed by atoms with Crippen LogP contribution in [0.2, 0.25) is 0 Å². The summed E-state index contributed by atoms with van der Waals surface area (Å²) >= 11 is 3.16. The molecular formula is C8H9BrN4O2. The molecule has 0 atom stereocenters. The van der Waals surface area contributed by atoms with Gasteiger partial charge in [0.05, 0.1) is 5.56 Å². The number of anilines is 1. The molecule has 0 saturated carbocycles. The predicted octanol–water partition coefficient (Wildman–Crippen LogP) is 0.207. The van der Waals surface area contributed by atoms with E-state index in [-0.39, 0.29) is 17.3 Å². The first-order valence-electron chi connectivity index (χ1n) is 3.98. The molecule has 0 aliphatic rings. The first-order valence-corrected chi connectivity index (χ1v) is 4.78. The zero-order valence-corrected chi connectivity index (χ0v) is 9.46. The van der Waals surface area contributed by atoms with Crippen LogP contribution in [0.1, 0.15) is 17.3 Å². The lowest BCUT2D eigenvalue weighted by molar-refractivity contribution is -0.119. The molecule has 1 rings (SSSR count). The maximum Gasteiger partial charge on any atom is 0.273 e. The second-order valence-electron chi connectivity index (χ2n) is 2.72. The maximum atomic E-state index is 11.5. The number of rotatable bonds is 1. The Bertz CT molecular complexity index is 408. The van der Waals surface area contributed by atoms with E-state index in [2.05, 4.69) is 31.8 Å². The molecule has 0 aromatic carbocycles. The molecule has 0 saturated heterocycles. The summed E-state index contributed by atoms with van der Waals surface area (Å²) in [6, 6.07) is 1.51. The van der Waals surface area contributed by atoms with Crippen molar-refractivity contribution < 1.29 is 9.59 Å². The fourth-order valence-electron chi connectivity index (χ4n) is 0.844. The largest absolute Gasteiger partial charge is 0.383 e. The normalized spacial score (nSPS) is 9.47. The van der Waals surface area contributed by atoms with E-state index in [4.69, 9.17) is 5.73 Å². The zero-order chi connectivity index (χ0) is 11.4. The second kappa shape index (κ2) is 4.74. The number of nitrogens with two attached hydrogens (primary N) is 1. The Balaban J connectivity index is 2.81. The molecule has 1 aromatic heterocycles. The van der Waals surface area contributed by atoms with Gasteiger partial charge in [0.2, 0.25) is 5.91 Å². The Morgan fingerprint density at radius 3 is 2.73 bits per heavy atom. The molecule has 80 valence electrons. The molecule has 0 bridgehead atoms. The summed E-state index contributed by atoms with van der Waals surface area (Å²) in [5, 5.41) is 0. The molecule has 0 fully saturated rings. The molecule has 4 N–H and O–H groups in total. The third kappa shape index (κ3) is 3.21. The second-order valence-corrected chi connectivity index (χ2v) is 3.64. The third-order valence-electron chi connectivity index (χ3n) is 1.48. The van der Waals surface area contributed by atoms with Crippen LogP contribution in [0.15, 0.2) is 16.7 Å². The van der Waals surface area contributed by atoms with E-state index >= 15 is 0 Å². The molecule has 0 spiro atoms. The van der Waals surface area contributed by atoms with Crippen LogP contribution in [-0.2, 0) is 4.79 Å². The number of hydrogen-bond acceptors (Lipinski definition) is 4. The lowest BCUT2D eigenvalue weighted by Crippen LogP contribution is -2.40. The molecular weight excluding hydrogens is 264 g/mol. The van der Waals surface area contributed by atoms with E-state index in [1.165, 1.54) is 19.2 Å². The van der Waals surface area contributed by atoms with Crippen molar-refractivity contribution in [3.63, 3.8) is 0 Å². The van der Waals surface area contributed by atoms with Crippen LogP contribution in [0, 0.1) is 0 Å². The van der Waals surface area contributed by atoms with Crippen LogP contribution in [-0.4, -0.2) is 16.8 Å². The smallest absolute Gasteiger partial charge is 0.273 e. The summed E-state index contributed by atoms with van der Waals surface area (Å²) in [5.41, 5.74) is 10.0. The van der Waals surface area contributed by atoms with Crippen LogP contribution in [0.4, 0.5) is 5.82 Å². The van der Waals surface area contributed by atoms with E-state index in [0.29, 0.717) is 4.47 Å². The van der Waals surface area contributed by atoms with Crippen molar-refractivity contribution in [1.29, 1.82) is 0 Å². The average molecular weight is 273 g/mol. The van der Waals surface area contributed by atoms with Crippen molar-refractivity contribution in [2.45, 2.75) is 6.92 Å². The quantitative estimate of drug-likeness (QED) is 0.637. The summed E-state index contributed by atoms with van der Waals surface area (Å²) in [4.78, 5) is 25.8. The number of carbonyl (C=O) groups is 2. The number of nitrogen functional groups attached to an aromatic ring is 1. The van der Waals surface area contributed by atoms with Gasteiger partial charge in [-0.1, -0.05) is 0 Å². The summed E-state index contributed by atoms with van der Waals surface area (Å²) in [7, 11) is 0. The standard InChI is InChI=1S/C8H9BrN4O2/c1-4(14)12-13-8(15)6-2-5(9)3-11-7(6)10/h2-3H,1H3,(H2,10,11)(H,12,14)(H,13,15). The van der Waals surface area contributed by atoms with E-state index < -0.39 is 5.91 Å². The number of aromatic nitrogens is 1. The Kier molecular flexibility index (Phi) is 3.62. The van der Waals surface area contributed by atoms with Crippen molar-refractivity contribution in [1.82, 2.24) is 15.8 Å². The number of hydrogen-bond donors (Lipinski definition) is 3. The highest BCUT2D eigenvalue weighted by molar-refractivity contribution is 9.10. The number of nitrogens with one attached hydrogen (secondary N) is 2. The number of amides is 2. The molecule has 0 radical (unpaired) electrons. The topological polar surface area (TPSA) is 97.1 Å². The fraction of sp³-hybridized carbons (Fsp3) is 0.125. The Morgan fingerprint density at radius 2 is 2.13 bits per heavy atom. The first-order chi connectivity index (χ1) is 7.00. The van der Waals surface area contributed by atoms with Gasteiger partial charge >= 0.3 is 0 Å². The van der Waals surface area contributed by atoms with Gasteiger partial charge in [0, 0.05) is 17.6 Å². The fourth-order valence-corrected chi connectivity index (χ4v) is 1.18. The van der Waals surface area contributed by atoms with Gasteiger partial charge in [-0.2, -0.15) is 0 Å².